The molecule has 1 aliphatic rings. The van der Waals surface area contributed by atoms with Gasteiger partial charge in [-0.2, -0.15) is 0 Å². The van der Waals surface area contributed by atoms with Gasteiger partial charge in [-0.3, -0.25) is 14.7 Å². The van der Waals surface area contributed by atoms with E-state index in [4.69, 9.17) is 4.74 Å². The SMILES string of the molecule is O=C(CN1CCOCC1)Nc1ccc(Nc2nccc(-c3ccncc3)n2)cc1. The summed E-state index contributed by atoms with van der Waals surface area (Å²) < 4.78 is 5.30. The highest BCUT2D eigenvalue weighted by molar-refractivity contribution is 5.92. The maximum atomic E-state index is 12.2. The second-order valence-corrected chi connectivity index (χ2v) is 6.64. The van der Waals surface area contributed by atoms with Crippen molar-refractivity contribution in [3.05, 3.63) is 61.1 Å². The average Bonchev–Trinajstić information content (AvgIpc) is 2.77. The van der Waals surface area contributed by atoms with Crippen LogP contribution >= 0.6 is 0 Å². The van der Waals surface area contributed by atoms with E-state index in [0.717, 1.165) is 35.7 Å². The number of nitrogens with one attached hydrogen (secondary N) is 2. The summed E-state index contributed by atoms with van der Waals surface area (Å²) in [6.45, 7) is 3.30. The van der Waals surface area contributed by atoms with E-state index < -0.39 is 0 Å². The van der Waals surface area contributed by atoms with E-state index in [1.54, 1.807) is 18.6 Å². The van der Waals surface area contributed by atoms with E-state index in [-0.39, 0.29) is 5.91 Å². The fourth-order valence-corrected chi connectivity index (χ4v) is 3.03. The van der Waals surface area contributed by atoms with E-state index in [1.165, 1.54) is 0 Å². The first kappa shape index (κ1) is 19.0. The number of aromatic nitrogens is 3. The molecule has 1 amide bonds. The highest BCUT2D eigenvalue weighted by atomic mass is 16.5. The number of rotatable bonds is 6. The Hall–Kier alpha value is -3.36. The first-order valence-electron chi connectivity index (χ1n) is 9.47. The summed E-state index contributed by atoms with van der Waals surface area (Å²) >= 11 is 0. The van der Waals surface area contributed by atoms with Gasteiger partial charge in [0.25, 0.3) is 0 Å². The minimum absolute atomic E-state index is 0.0269. The number of benzene rings is 1. The lowest BCUT2D eigenvalue weighted by atomic mass is 10.2. The Morgan fingerprint density at radius 2 is 1.69 bits per heavy atom. The van der Waals surface area contributed by atoms with Crippen LogP contribution in [0.4, 0.5) is 17.3 Å². The summed E-state index contributed by atoms with van der Waals surface area (Å²) in [5.74, 6) is 0.476. The summed E-state index contributed by atoms with van der Waals surface area (Å²) in [4.78, 5) is 27.1. The molecule has 8 nitrogen and oxygen atoms in total. The van der Waals surface area contributed by atoms with Crippen LogP contribution in [0.15, 0.2) is 61.1 Å². The molecular formula is C21H22N6O2. The molecule has 0 unspecified atom stereocenters. The molecular weight excluding hydrogens is 368 g/mol. The van der Waals surface area contributed by atoms with Gasteiger partial charge in [-0.15, -0.1) is 0 Å². The summed E-state index contributed by atoms with van der Waals surface area (Å²) in [5.41, 5.74) is 3.38. The van der Waals surface area contributed by atoms with Crippen LogP contribution in [-0.2, 0) is 9.53 Å². The van der Waals surface area contributed by atoms with Crippen LogP contribution in [-0.4, -0.2) is 58.6 Å². The summed E-state index contributed by atoms with van der Waals surface area (Å²) in [5, 5.41) is 6.11. The lowest BCUT2D eigenvalue weighted by molar-refractivity contribution is -0.118. The van der Waals surface area contributed by atoms with Crippen molar-refractivity contribution < 1.29 is 9.53 Å². The molecule has 3 aromatic rings. The number of hydrogen-bond donors (Lipinski definition) is 2. The van der Waals surface area contributed by atoms with Crippen LogP contribution in [0.3, 0.4) is 0 Å². The molecule has 0 bridgehead atoms. The monoisotopic (exact) mass is 390 g/mol. The number of ether oxygens (including phenoxy) is 1. The van der Waals surface area contributed by atoms with Gasteiger partial charge in [0.1, 0.15) is 0 Å². The number of amides is 1. The Balaban J connectivity index is 1.35. The molecule has 4 rings (SSSR count). The molecule has 1 aliphatic heterocycles. The lowest BCUT2D eigenvalue weighted by Gasteiger charge is -2.25. The smallest absolute Gasteiger partial charge is 0.238 e. The molecule has 0 radical (unpaired) electrons. The Morgan fingerprint density at radius 1 is 0.966 bits per heavy atom. The van der Waals surface area contributed by atoms with Gasteiger partial charge in [-0.25, -0.2) is 9.97 Å². The Morgan fingerprint density at radius 3 is 2.45 bits per heavy atom. The van der Waals surface area contributed by atoms with Crippen LogP contribution in [0.25, 0.3) is 11.3 Å². The third-order valence-corrected chi connectivity index (χ3v) is 4.53. The lowest BCUT2D eigenvalue weighted by Crippen LogP contribution is -2.41. The first-order chi connectivity index (χ1) is 14.3. The molecule has 3 heterocycles. The third-order valence-electron chi connectivity index (χ3n) is 4.53. The molecule has 1 saturated heterocycles. The van der Waals surface area contributed by atoms with Crippen molar-refractivity contribution >= 4 is 23.2 Å². The van der Waals surface area contributed by atoms with E-state index in [1.807, 2.05) is 42.5 Å². The van der Waals surface area contributed by atoms with Gasteiger partial charge in [0.2, 0.25) is 11.9 Å². The predicted octanol–water partition coefficient (Wildman–Crippen LogP) is 2.55. The molecule has 0 aliphatic carbocycles. The highest BCUT2D eigenvalue weighted by Crippen LogP contribution is 2.20. The van der Waals surface area contributed by atoms with Crippen molar-refractivity contribution in [1.82, 2.24) is 19.9 Å². The number of carbonyl (C=O) groups is 1. The molecule has 1 aromatic carbocycles. The van der Waals surface area contributed by atoms with Gasteiger partial charge in [0.15, 0.2) is 0 Å². The number of morpholine rings is 1. The summed E-state index contributed by atoms with van der Waals surface area (Å²) in [6, 6.07) is 13.1. The topological polar surface area (TPSA) is 92.3 Å². The van der Waals surface area contributed by atoms with Crippen LogP contribution in [0.1, 0.15) is 0 Å². The zero-order valence-corrected chi connectivity index (χ0v) is 15.9. The van der Waals surface area contributed by atoms with Crippen LogP contribution in [0.2, 0.25) is 0 Å². The Labute approximate surface area is 169 Å². The number of carbonyl (C=O) groups excluding carboxylic acids is 1. The highest BCUT2D eigenvalue weighted by Gasteiger charge is 2.14. The molecule has 0 spiro atoms. The van der Waals surface area contributed by atoms with Gasteiger partial charge >= 0.3 is 0 Å². The minimum Gasteiger partial charge on any atom is -0.379 e. The normalized spacial score (nSPS) is 14.3. The number of anilines is 3. The molecule has 8 heteroatoms. The second kappa shape index (κ2) is 9.22. The van der Waals surface area contributed by atoms with Gasteiger partial charge in [-0.05, 0) is 42.5 Å². The molecule has 0 saturated carbocycles. The summed E-state index contributed by atoms with van der Waals surface area (Å²) in [6.07, 6.45) is 5.18. The number of pyridine rings is 1. The van der Waals surface area contributed by atoms with Crippen LogP contribution in [0.5, 0.6) is 0 Å². The molecule has 2 aromatic heterocycles. The predicted molar refractivity (Wildman–Crippen MR) is 111 cm³/mol. The van der Waals surface area contributed by atoms with E-state index in [2.05, 4.69) is 30.5 Å². The molecule has 0 atom stereocenters. The van der Waals surface area contributed by atoms with Gasteiger partial charge < -0.3 is 15.4 Å². The number of nitrogens with zero attached hydrogens (tertiary/aromatic N) is 4. The van der Waals surface area contributed by atoms with E-state index in [9.17, 15) is 4.79 Å². The van der Waals surface area contributed by atoms with E-state index in [0.29, 0.717) is 25.7 Å². The fraction of sp³-hybridized carbons (Fsp3) is 0.238. The molecule has 2 N–H and O–H groups in total. The third kappa shape index (κ3) is 5.34. The largest absolute Gasteiger partial charge is 0.379 e. The maximum absolute atomic E-state index is 12.2. The van der Waals surface area contributed by atoms with Crippen molar-refractivity contribution in [2.24, 2.45) is 0 Å². The van der Waals surface area contributed by atoms with Crippen molar-refractivity contribution in [3.8, 4) is 11.3 Å². The van der Waals surface area contributed by atoms with Gasteiger partial charge in [0, 0.05) is 48.6 Å². The van der Waals surface area contributed by atoms with Gasteiger partial charge in [0.05, 0.1) is 25.5 Å². The molecule has 1 fully saturated rings. The zero-order valence-electron chi connectivity index (χ0n) is 15.9. The summed E-state index contributed by atoms with van der Waals surface area (Å²) in [7, 11) is 0. The first-order valence-corrected chi connectivity index (χ1v) is 9.47. The van der Waals surface area contributed by atoms with Crippen molar-refractivity contribution in [2.75, 3.05) is 43.5 Å². The Kier molecular flexibility index (Phi) is 6.04. The Bertz CT molecular complexity index is 943. The fourth-order valence-electron chi connectivity index (χ4n) is 3.03. The molecule has 29 heavy (non-hydrogen) atoms. The second-order valence-electron chi connectivity index (χ2n) is 6.64. The molecule has 148 valence electrons. The van der Waals surface area contributed by atoms with Gasteiger partial charge in [-0.1, -0.05) is 0 Å². The van der Waals surface area contributed by atoms with Crippen LogP contribution in [0, 0.1) is 0 Å². The minimum atomic E-state index is -0.0269. The van der Waals surface area contributed by atoms with E-state index >= 15 is 0 Å². The van der Waals surface area contributed by atoms with Crippen molar-refractivity contribution in [3.63, 3.8) is 0 Å². The average molecular weight is 390 g/mol. The zero-order chi connectivity index (χ0) is 19.9. The maximum Gasteiger partial charge on any atom is 0.238 e. The standard InChI is InChI=1S/C21H22N6O2/c28-20(15-27-11-13-29-14-12-27)24-17-1-3-18(4-2-17)25-21-23-10-7-19(26-21)16-5-8-22-9-6-16/h1-10H,11-15H2,(H,24,28)(H,23,25,26). The van der Waals surface area contributed by atoms with Crippen molar-refractivity contribution in [2.45, 2.75) is 0 Å². The number of hydrogen-bond acceptors (Lipinski definition) is 7. The van der Waals surface area contributed by atoms with Crippen LogP contribution < -0.4 is 10.6 Å². The van der Waals surface area contributed by atoms with Crippen molar-refractivity contribution in [1.29, 1.82) is 0 Å². The quantitative estimate of drug-likeness (QED) is 0.668.